The highest BCUT2D eigenvalue weighted by atomic mass is 79.9. The van der Waals surface area contributed by atoms with Crippen LogP contribution in [0.15, 0.2) is 22.7 Å². The first-order chi connectivity index (χ1) is 10.2. The molecular weight excluding hydrogens is 332 g/mol. The molecule has 4 heteroatoms. The van der Waals surface area contributed by atoms with Crippen LogP contribution < -0.4 is 9.47 Å². The molecular formula is C17H23BrO3. The Hall–Kier alpha value is -0.740. The molecule has 1 saturated heterocycles. The molecule has 1 saturated carbocycles. The largest absolute Gasteiger partial charge is 0.497 e. The lowest BCUT2D eigenvalue weighted by Crippen LogP contribution is -2.45. The summed E-state index contributed by atoms with van der Waals surface area (Å²) in [5, 5.41) is 0. The molecule has 116 valence electrons. The van der Waals surface area contributed by atoms with E-state index >= 15 is 0 Å². The molecule has 3 nitrogen and oxygen atoms in total. The first-order valence-electron chi connectivity index (χ1n) is 7.85. The van der Waals surface area contributed by atoms with E-state index in [0.29, 0.717) is 0 Å². The summed E-state index contributed by atoms with van der Waals surface area (Å²) >= 11 is 3.57. The van der Waals surface area contributed by atoms with Gasteiger partial charge in [-0.15, -0.1) is 0 Å². The van der Waals surface area contributed by atoms with Crippen LogP contribution in [0.2, 0.25) is 0 Å². The molecule has 1 spiro atoms. The van der Waals surface area contributed by atoms with Gasteiger partial charge in [-0.25, -0.2) is 0 Å². The molecule has 0 N–H and O–H groups in total. The van der Waals surface area contributed by atoms with Crippen molar-refractivity contribution in [2.75, 3.05) is 13.7 Å². The standard InChI is InChI=1S/C17H23BrO3/c1-19-13-5-6-16(15(18)11-13)21-14-7-10-20-17(12-14)8-3-2-4-9-17/h5-6,11,14H,2-4,7-10,12H2,1H3. The maximum absolute atomic E-state index is 6.23. The molecule has 0 bridgehead atoms. The summed E-state index contributed by atoms with van der Waals surface area (Å²) in [6.45, 7) is 0.818. The summed E-state index contributed by atoms with van der Waals surface area (Å²) in [6.07, 6.45) is 8.55. The SMILES string of the molecule is COc1ccc(OC2CCOC3(CCCCC3)C2)c(Br)c1. The van der Waals surface area contributed by atoms with Gasteiger partial charge in [-0.05, 0) is 47.0 Å². The molecule has 1 aromatic rings. The predicted molar refractivity (Wildman–Crippen MR) is 86.1 cm³/mol. The van der Waals surface area contributed by atoms with Crippen molar-refractivity contribution in [1.82, 2.24) is 0 Å². The normalized spacial score (nSPS) is 24.8. The third-order valence-corrected chi connectivity index (χ3v) is 5.26. The Morgan fingerprint density at radius 2 is 2.05 bits per heavy atom. The van der Waals surface area contributed by atoms with Crippen LogP contribution >= 0.6 is 15.9 Å². The van der Waals surface area contributed by atoms with Crippen molar-refractivity contribution in [3.8, 4) is 11.5 Å². The quantitative estimate of drug-likeness (QED) is 0.785. The van der Waals surface area contributed by atoms with Gasteiger partial charge in [-0.1, -0.05) is 19.3 Å². The summed E-state index contributed by atoms with van der Waals surface area (Å²) in [5.41, 5.74) is 0.0834. The van der Waals surface area contributed by atoms with E-state index in [0.717, 1.165) is 35.4 Å². The molecule has 1 unspecified atom stereocenters. The van der Waals surface area contributed by atoms with Gasteiger partial charge in [-0.2, -0.15) is 0 Å². The zero-order chi connectivity index (χ0) is 14.7. The Balaban J connectivity index is 1.67. The fourth-order valence-corrected chi connectivity index (χ4v) is 3.96. The van der Waals surface area contributed by atoms with Crippen LogP contribution in [0.25, 0.3) is 0 Å². The number of hydrogen-bond donors (Lipinski definition) is 0. The Morgan fingerprint density at radius 1 is 1.24 bits per heavy atom. The van der Waals surface area contributed by atoms with Gasteiger partial charge in [0, 0.05) is 12.8 Å². The van der Waals surface area contributed by atoms with Crippen LogP contribution in [0.5, 0.6) is 11.5 Å². The number of hydrogen-bond acceptors (Lipinski definition) is 3. The predicted octanol–water partition coefficient (Wildman–Crippen LogP) is 4.72. The lowest BCUT2D eigenvalue weighted by atomic mass is 9.79. The summed E-state index contributed by atoms with van der Waals surface area (Å²) in [6, 6.07) is 5.87. The number of halogens is 1. The average Bonchev–Trinajstić information content (AvgIpc) is 2.50. The van der Waals surface area contributed by atoms with Crippen LogP contribution in [-0.2, 0) is 4.74 Å². The summed E-state index contributed by atoms with van der Waals surface area (Å²) in [4.78, 5) is 0. The number of rotatable bonds is 3. The topological polar surface area (TPSA) is 27.7 Å². The smallest absolute Gasteiger partial charge is 0.134 e. The fourth-order valence-electron chi connectivity index (χ4n) is 3.51. The zero-order valence-electron chi connectivity index (χ0n) is 12.6. The van der Waals surface area contributed by atoms with Crippen LogP contribution in [-0.4, -0.2) is 25.4 Å². The first kappa shape index (κ1) is 15.2. The molecule has 1 aliphatic heterocycles. The van der Waals surface area contributed by atoms with Gasteiger partial charge in [0.1, 0.15) is 17.6 Å². The van der Waals surface area contributed by atoms with Gasteiger partial charge in [-0.3, -0.25) is 0 Å². The van der Waals surface area contributed by atoms with Crippen molar-refractivity contribution < 1.29 is 14.2 Å². The molecule has 1 aliphatic carbocycles. The summed E-state index contributed by atoms with van der Waals surface area (Å²) < 4.78 is 18.5. The minimum atomic E-state index is 0.0834. The molecule has 2 aliphatic rings. The van der Waals surface area contributed by atoms with Gasteiger partial charge in [0.15, 0.2) is 0 Å². The third kappa shape index (κ3) is 3.54. The maximum atomic E-state index is 6.23. The van der Waals surface area contributed by atoms with Gasteiger partial charge in [0.05, 0.1) is 23.8 Å². The molecule has 21 heavy (non-hydrogen) atoms. The van der Waals surface area contributed by atoms with Crippen molar-refractivity contribution in [1.29, 1.82) is 0 Å². The van der Waals surface area contributed by atoms with Crippen molar-refractivity contribution >= 4 is 15.9 Å². The second-order valence-electron chi connectivity index (χ2n) is 6.12. The molecule has 0 aromatic heterocycles. The molecule has 0 radical (unpaired) electrons. The summed E-state index contributed by atoms with van der Waals surface area (Å²) in [5.74, 6) is 1.73. The fraction of sp³-hybridized carbons (Fsp3) is 0.647. The van der Waals surface area contributed by atoms with Gasteiger partial charge < -0.3 is 14.2 Å². The molecule has 0 amide bonds. The van der Waals surface area contributed by atoms with Crippen molar-refractivity contribution in [3.05, 3.63) is 22.7 Å². The minimum Gasteiger partial charge on any atom is -0.497 e. The van der Waals surface area contributed by atoms with Gasteiger partial charge >= 0.3 is 0 Å². The van der Waals surface area contributed by atoms with E-state index in [-0.39, 0.29) is 11.7 Å². The molecule has 1 aromatic carbocycles. The Morgan fingerprint density at radius 3 is 2.76 bits per heavy atom. The van der Waals surface area contributed by atoms with Crippen molar-refractivity contribution in [2.45, 2.75) is 56.7 Å². The van der Waals surface area contributed by atoms with Gasteiger partial charge in [0.25, 0.3) is 0 Å². The highest BCUT2D eigenvalue weighted by molar-refractivity contribution is 9.10. The third-order valence-electron chi connectivity index (χ3n) is 4.65. The highest BCUT2D eigenvalue weighted by Gasteiger charge is 2.39. The van der Waals surface area contributed by atoms with E-state index in [4.69, 9.17) is 14.2 Å². The molecule has 1 atom stereocenters. The first-order valence-corrected chi connectivity index (χ1v) is 8.64. The molecule has 3 rings (SSSR count). The van der Waals surface area contributed by atoms with E-state index in [1.165, 1.54) is 32.1 Å². The van der Waals surface area contributed by atoms with Crippen LogP contribution in [0, 0.1) is 0 Å². The maximum Gasteiger partial charge on any atom is 0.134 e. The van der Waals surface area contributed by atoms with Crippen LogP contribution in [0.1, 0.15) is 44.9 Å². The number of ether oxygens (including phenoxy) is 3. The molecule has 2 fully saturated rings. The Labute approximate surface area is 135 Å². The number of methoxy groups -OCH3 is 1. The van der Waals surface area contributed by atoms with E-state index in [2.05, 4.69) is 15.9 Å². The Bertz CT molecular complexity index is 477. The van der Waals surface area contributed by atoms with E-state index in [1.54, 1.807) is 7.11 Å². The van der Waals surface area contributed by atoms with Crippen LogP contribution in [0.4, 0.5) is 0 Å². The zero-order valence-corrected chi connectivity index (χ0v) is 14.2. The second kappa shape index (κ2) is 6.57. The monoisotopic (exact) mass is 354 g/mol. The Kier molecular flexibility index (Phi) is 4.75. The second-order valence-corrected chi connectivity index (χ2v) is 6.98. The van der Waals surface area contributed by atoms with Crippen molar-refractivity contribution in [3.63, 3.8) is 0 Å². The van der Waals surface area contributed by atoms with E-state index < -0.39 is 0 Å². The lowest BCUT2D eigenvalue weighted by Gasteiger charge is -2.43. The summed E-state index contributed by atoms with van der Waals surface area (Å²) in [7, 11) is 1.67. The highest BCUT2D eigenvalue weighted by Crippen LogP contribution is 2.40. The van der Waals surface area contributed by atoms with E-state index in [1.807, 2.05) is 18.2 Å². The minimum absolute atomic E-state index is 0.0834. The molecule has 1 heterocycles. The average molecular weight is 355 g/mol. The van der Waals surface area contributed by atoms with Gasteiger partial charge in [0.2, 0.25) is 0 Å². The van der Waals surface area contributed by atoms with E-state index in [9.17, 15) is 0 Å². The lowest BCUT2D eigenvalue weighted by molar-refractivity contribution is -0.129. The van der Waals surface area contributed by atoms with Crippen LogP contribution in [0.3, 0.4) is 0 Å². The number of benzene rings is 1. The van der Waals surface area contributed by atoms with Crippen molar-refractivity contribution in [2.24, 2.45) is 0 Å².